The topological polar surface area (TPSA) is 49.4 Å². The minimum Gasteiger partial charge on any atom is -0.316 e. The minimum atomic E-state index is -3.09. The van der Waals surface area contributed by atoms with Crippen LogP contribution in [-0.2, 0) is 9.84 Å². The highest BCUT2D eigenvalue weighted by Gasteiger charge is 2.05. The number of nitrogens with one attached hydrogen (secondary N) is 1. The van der Waals surface area contributed by atoms with Gasteiger partial charge in [-0.2, -0.15) is 0 Å². The number of hydrogen-bond donors (Lipinski definition) is 1. The van der Waals surface area contributed by atoms with Crippen LogP contribution in [0.1, 0.15) is 6.42 Å². The second kappa shape index (κ2) is 8.67. The molecule has 0 unspecified atom stereocenters. The van der Waals surface area contributed by atoms with Crippen molar-refractivity contribution in [3.63, 3.8) is 0 Å². The fourth-order valence-corrected chi connectivity index (χ4v) is 3.11. The summed E-state index contributed by atoms with van der Waals surface area (Å²) in [5, 5.41) is 3.40. The summed E-state index contributed by atoms with van der Waals surface area (Å²) in [6.45, 7) is 3.10. The van der Waals surface area contributed by atoms with E-state index in [-0.39, 0.29) is 0 Å². The van der Waals surface area contributed by atoms with Crippen LogP contribution >= 0.6 is 11.8 Å². The van der Waals surface area contributed by atoms with Crippen molar-refractivity contribution in [3.05, 3.63) is 24.3 Å². The third-order valence-corrected chi connectivity index (χ3v) is 4.90. The molecule has 0 aliphatic carbocycles. The average molecular weight is 316 g/mol. The predicted octanol–water partition coefficient (Wildman–Crippen LogP) is 1.72. The molecule has 1 aromatic rings. The fraction of sp³-hybridized carbons (Fsp3) is 0.571. The largest absolute Gasteiger partial charge is 0.316 e. The van der Waals surface area contributed by atoms with E-state index >= 15 is 0 Å². The van der Waals surface area contributed by atoms with Gasteiger partial charge in [-0.05, 0) is 57.9 Å². The van der Waals surface area contributed by atoms with Gasteiger partial charge in [0.15, 0.2) is 9.84 Å². The van der Waals surface area contributed by atoms with Crippen LogP contribution in [0.25, 0.3) is 0 Å². The molecule has 0 saturated heterocycles. The van der Waals surface area contributed by atoms with Gasteiger partial charge < -0.3 is 10.2 Å². The predicted molar refractivity (Wildman–Crippen MR) is 86.3 cm³/mol. The van der Waals surface area contributed by atoms with E-state index in [1.807, 2.05) is 12.1 Å². The third kappa shape index (κ3) is 7.28. The van der Waals surface area contributed by atoms with Crippen molar-refractivity contribution in [1.29, 1.82) is 0 Å². The molecule has 114 valence electrons. The lowest BCUT2D eigenvalue weighted by Gasteiger charge is -2.09. The molecule has 6 heteroatoms. The van der Waals surface area contributed by atoms with Crippen LogP contribution in [0.15, 0.2) is 34.1 Å². The Hall–Kier alpha value is -0.560. The average Bonchev–Trinajstić information content (AvgIpc) is 2.37. The number of benzene rings is 1. The molecule has 0 spiro atoms. The monoisotopic (exact) mass is 316 g/mol. The van der Waals surface area contributed by atoms with Gasteiger partial charge in [0.2, 0.25) is 0 Å². The van der Waals surface area contributed by atoms with Crippen LogP contribution in [0.4, 0.5) is 0 Å². The van der Waals surface area contributed by atoms with Crippen molar-refractivity contribution in [3.8, 4) is 0 Å². The van der Waals surface area contributed by atoms with E-state index in [1.54, 1.807) is 23.9 Å². The van der Waals surface area contributed by atoms with Crippen LogP contribution in [0.3, 0.4) is 0 Å². The molecule has 1 aromatic carbocycles. The Morgan fingerprint density at radius 2 is 1.80 bits per heavy atom. The van der Waals surface area contributed by atoms with E-state index in [2.05, 4.69) is 24.3 Å². The van der Waals surface area contributed by atoms with Crippen molar-refractivity contribution in [2.45, 2.75) is 16.2 Å². The molecule has 1 N–H and O–H groups in total. The Bertz CT molecular complexity index is 484. The summed E-state index contributed by atoms with van der Waals surface area (Å²) in [7, 11) is 1.07. The lowest BCUT2D eigenvalue weighted by molar-refractivity contribution is 0.396. The Balaban J connectivity index is 2.20. The smallest absolute Gasteiger partial charge is 0.175 e. The highest BCUT2D eigenvalue weighted by atomic mass is 32.2. The SMILES string of the molecule is CN(C)CCCNCCSc1ccc(S(C)(=O)=O)cc1. The lowest BCUT2D eigenvalue weighted by Crippen LogP contribution is -2.23. The Kier molecular flexibility index (Phi) is 7.58. The van der Waals surface area contributed by atoms with Crippen LogP contribution < -0.4 is 5.32 Å². The zero-order valence-corrected chi connectivity index (χ0v) is 14.1. The van der Waals surface area contributed by atoms with Gasteiger partial charge in [0.05, 0.1) is 4.90 Å². The van der Waals surface area contributed by atoms with Gasteiger partial charge in [-0.15, -0.1) is 11.8 Å². The Morgan fingerprint density at radius 3 is 2.35 bits per heavy atom. The Morgan fingerprint density at radius 1 is 1.15 bits per heavy atom. The first-order valence-corrected chi connectivity index (χ1v) is 9.55. The molecular weight excluding hydrogens is 292 g/mol. The van der Waals surface area contributed by atoms with E-state index in [1.165, 1.54) is 6.26 Å². The van der Waals surface area contributed by atoms with Gasteiger partial charge in [-0.3, -0.25) is 0 Å². The highest BCUT2D eigenvalue weighted by Crippen LogP contribution is 2.19. The minimum absolute atomic E-state index is 0.378. The molecular formula is C14H24N2O2S2. The fourth-order valence-electron chi connectivity index (χ4n) is 1.67. The van der Waals surface area contributed by atoms with Crippen LogP contribution in [0.2, 0.25) is 0 Å². The van der Waals surface area contributed by atoms with E-state index in [0.717, 1.165) is 36.7 Å². The van der Waals surface area contributed by atoms with Crippen molar-refractivity contribution >= 4 is 21.6 Å². The van der Waals surface area contributed by atoms with Crippen LogP contribution in [0, 0.1) is 0 Å². The van der Waals surface area contributed by atoms with Crippen LogP contribution in [-0.4, -0.2) is 59.1 Å². The van der Waals surface area contributed by atoms with Gasteiger partial charge in [0, 0.05) is 23.4 Å². The van der Waals surface area contributed by atoms with Gasteiger partial charge in [-0.1, -0.05) is 0 Å². The summed E-state index contributed by atoms with van der Waals surface area (Å²) in [5.74, 6) is 0.986. The number of thioether (sulfide) groups is 1. The van der Waals surface area contributed by atoms with Gasteiger partial charge >= 0.3 is 0 Å². The maximum absolute atomic E-state index is 11.3. The molecule has 0 bridgehead atoms. The molecule has 0 saturated carbocycles. The Labute approximate surface area is 126 Å². The molecule has 0 aromatic heterocycles. The summed E-state index contributed by atoms with van der Waals surface area (Å²) in [6, 6.07) is 7.07. The number of rotatable bonds is 9. The second-order valence-corrected chi connectivity index (χ2v) is 8.18. The van der Waals surface area contributed by atoms with Crippen molar-refractivity contribution < 1.29 is 8.42 Å². The summed E-state index contributed by atoms with van der Waals surface area (Å²) in [4.78, 5) is 3.66. The number of hydrogen-bond acceptors (Lipinski definition) is 5. The zero-order chi connectivity index (χ0) is 15.0. The quantitative estimate of drug-likeness (QED) is 0.555. The van der Waals surface area contributed by atoms with E-state index in [4.69, 9.17) is 0 Å². The van der Waals surface area contributed by atoms with Crippen LogP contribution in [0.5, 0.6) is 0 Å². The summed E-state index contributed by atoms with van der Waals surface area (Å²) >= 11 is 1.74. The maximum atomic E-state index is 11.3. The molecule has 0 atom stereocenters. The molecule has 1 rings (SSSR count). The number of nitrogens with zero attached hydrogens (tertiary/aromatic N) is 1. The molecule has 0 fully saturated rings. The molecule has 0 aliphatic rings. The molecule has 4 nitrogen and oxygen atoms in total. The summed E-state index contributed by atoms with van der Waals surface area (Å²) in [5.41, 5.74) is 0. The maximum Gasteiger partial charge on any atom is 0.175 e. The first-order chi connectivity index (χ1) is 9.39. The van der Waals surface area contributed by atoms with Gasteiger partial charge in [-0.25, -0.2) is 8.42 Å². The standard InChI is InChI=1S/C14H24N2O2S2/c1-16(2)11-4-9-15-10-12-19-13-5-7-14(8-6-13)20(3,17)18/h5-8,15H,4,9-12H2,1-3H3. The summed E-state index contributed by atoms with van der Waals surface area (Å²) < 4.78 is 22.7. The molecule has 0 aliphatic heterocycles. The normalized spacial score (nSPS) is 12.0. The lowest BCUT2D eigenvalue weighted by atomic mass is 10.4. The molecule has 20 heavy (non-hydrogen) atoms. The van der Waals surface area contributed by atoms with Crippen molar-refractivity contribution in [1.82, 2.24) is 10.2 Å². The van der Waals surface area contributed by atoms with Crippen molar-refractivity contribution in [2.24, 2.45) is 0 Å². The molecule has 0 amide bonds. The van der Waals surface area contributed by atoms with Crippen molar-refractivity contribution in [2.75, 3.05) is 45.7 Å². The first kappa shape index (κ1) is 17.5. The van der Waals surface area contributed by atoms with E-state index < -0.39 is 9.84 Å². The van der Waals surface area contributed by atoms with E-state index in [0.29, 0.717) is 4.90 Å². The van der Waals surface area contributed by atoms with E-state index in [9.17, 15) is 8.42 Å². The number of sulfone groups is 1. The van der Waals surface area contributed by atoms with Gasteiger partial charge in [0.25, 0.3) is 0 Å². The highest BCUT2D eigenvalue weighted by molar-refractivity contribution is 7.99. The molecule has 0 radical (unpaired) electrons. The zero-order valence-electron chi connectivity index (χ0n) is 12.4. The first-order valence-electron chi connectivity index (χ1n) is 6.68. The van der Waals surface area contributed by atoms with Gasteiger partial charge in [0.1, 0.15) is 0 Å². The molecule has 0 heterocycles. The second-order valence-electron chi connectivity index (χ2n) is 5.00. The summed E-state index contributed by atoms with van der Waals surface area (Å²) in [6.07, 6.45) is 2.38. The third-order valence-electron chi connectivity index (χ3n) is 2.76.